The first kappa shape index (κ1) is 9.26. The minimum Gasteiger partial charge on any atom is -0.469 e. The van der Waals surface area contributed by atoms with E-state index >= 15 is 0 Å². The summed E-state index contributed by atoms with van der Waals surface area (Å²) in [4.78, 5) is 11.5. The van der Waals surface area contributed by atoms with Gasteiger partial charge in [-0.05, 0) is 6.92 Å². The molecule has 1 saturated carbocycles. The molecule has 1 aliphatic carbocycles. The van der Waals surface area contributed by atoms with Gasteiger partial charge in [-0.2, -0.15) is 0 Å². The molecule has 0 aromatic carbocycles. The number of rotatable bonds is 0. The van der Waals surface area contributed by atoms with Gasteiger partial charge in [-0.1, -0.05) is 0 Å². The first-order chi connectivity index (χ1) is 6.03. The van der Waals surface area contributed by atoms with Crippen LogP contribution in [0.1, 0.15) is 19.8 Å². The molecule has 4 nitrogen and oxygen atoms in total. The van der Waals surface area contributed by atoms with Gasteiger partial charge in [0.1, 0.15) is 0 Å². The molecular weight excluding hydrogens is 285 g/mol. The van der Waals surface area contributed by atoms with Crippen molar-refractivity contribution in [1.82, 2.24) is 5.32 Å². The zero-order valence-corrected chi connectivity index (χ0v) is 9.29. The third kappa shape index (κ3) is 1.34. The highest BCUT2D eigenvalue weighted by atomic mass is 127. The highest BCUT2D eigenvalue weighted by molar-refractivity contribution is 14.1. The van der Waals surface area contributed by atoms with Gasteiger partial charge in [0.2, 0.25) is 0 Å². The molecule has 0 bridgehead atoms. The van der Waals surface area contributed by atoms with Gasteiger partial charge in [0.05, 0.1) is 11.8 Å². The number of hydrogen-bond donors (Lipinski definition) is 2. The Balaban J connectivity index is 2.21. The van der Waals surface area contributed by atoms with Crippen LogP contribution in [0.2, 0.25) is 0 Å². The lowest BCUT2D eigenvalue weighted by molar-refractivity contribution is -0.168. The van der Waals surface area contributed by atoms with E-state index in [4.69, 9.17) is 9.84 Å². The third-order valence-corrected chi connectivity index (χ3v) is 3.45. The van der Waals surface area contributed by atoms with E-state index in [-0.39, 0.29) is 5.91 Å². The number of ether oxygens (including phenoxy) is 1. The van der Waals surface area contributed by atoms with Crippen LogP contribution in [0.15, 0.2) is 9.46 Å². The average Bonchev–Trinajstić information content (AvgIpc) is 1.98. The van der Waals surface area contributed by atoms with Gasteiger partial charge in [0.15, 0.2) is 9.37 Å². The van der Waals surface area contributed by atoms with E-state index in [1.54, 1.807) is 6.92 Å². The molecule has 1 fully saturated rings. The molecule has 2 N–H and O–H groups in total. The van der Waals surface area contributed by atoms with E-state index in [9.17, 15) is 4.79 Å². The van der Waals surface area contributed by atoms with Crippen molar-refractivity contribution in [2.45, 2.75) is 31.5 Å². The molecule has 13 heavy (non-hydrogen) atoms. The topological polar surface area (TPSA) is 58.6 Å². The van der Waals surface area contributed by atoms with E-state index in [0.29, 0.717) is 16.6 Å². The lowest BCUT2D eigenvalue weighted by atomic mass is 9.76. The molecule has 5 heteroatoms. The van der Waals surface area contributed by atoms with Crippen molar-refractivity contribution in [2.75, 3.05) is 0 Å². The minimum atomic E-state index is -0.782. The van der Waals surface area contributed by atoms with Gasteiger partial charge in [0.25, 0.3) is 5.91 Å². The number of hydrogen-bond acceptors (Lipinski definition) is 3. The summed E-state index contributed by atoms with van der Waals surface area (Å²) in [6.07, 6.45) is 0.408. The summed E-state index contributed by atoms with van der Waals surface area (Å²) in [5, 5.41) is 11.9. The van der Waals surface area contributed by atoms with Crippen molar-refractivity contribution >= 4 is 28.5 Å². The summed E-state index contributed by atoms with van der Waals surface area (Å²) >= 11 is 2.04. The SMILES string of the molecule is CC1=C(I)OC2(CC(O)C2)C(=O)N1. The molecule has 0 atom stereocenters. The predicted octanol–water partition coefficient (Wildman–Crippen LogP) is 0.650. The fourth-order valence-corrected chi connectivity index (χ4v) is 2.15. The largest absolute Gasteiger partial charge is 0.469 e. The van der Waals surface area contributed by atoms with Gasteiger partial charge < -0.3 is 15.2 Å². The van der Waals surface area contributed by atoms with E-state index in [0.717, 1.165) is 5.70 Å². The average molecular weight is 295 g/mol. The van der Waals surface area contributed by atoms with Gasteiger partial charge in [-0.15, -0.1) is 0 Å². The van der Waals surface area contributed by atoms with Crippen LogP contribution < -0.4 is 5.32 Å². The van der Waals surface area contributed by atoms with Crippen molar-refractivity contribution in [3.05, 3.63) is 9.46 Å². The van der Waals surface area contributed by atoms with Crippen LogP contribution in [-0.4, -0.2) is 22.7 Å². The second-order valence-electron chi connectivity index (χ2n) is 3.51. The Hall–Kier alpha value is -0.300. The smallest absolute Gasteiger partial charge is 0.268 e. The summed E-state index contributed by atoms with van der Waals surface area (Å²) in [7, 11) is 0. The Morgan fingerprint density at radius 1 is 1.69 bits per heavy atom. The Morgan fingerprint density at radius 3 is 2.85 bits per heavy atom. The van der Waals surface area contributed by atoms with E-state index < -0.39 is 11.7 Å². The fraction of sp³-hybridized carbons (Fsp3) is 0.625. The Kier molecular flexibility index (Phi) is 2.03. The van der Waals surface area contributed by atoms with Crippen LogP contribution in [-0.2, 0) is 9.53 Å². The Labute approximate surface area is 89.5 Å². The monoisotopic (exact) mass is 295 g/mol. The normalized spacial score (nSPS) is 38.4. The van der Waals surface area contributed by atoms with Gasteiger partial charge in [-0.25, -0.2) is 0 Å². The molecule has 0 aromatic rings. The second kappa shape index (κ2) is 2.84. The maximum absolute atomic E-state index is 11.5. The minimum absolute atomic E-state index is 0.129. The van der Waals surface area contributed by atoms with Gasteiger partial charge in [-0.3, -0.25) is 4.79 Å². The van der Waals surface area contributed by atoms with E-state index in [2.05, 4.69) is 5.32 Å². The molecule has 2 rings (SSSR count). The molecule has 1 aliphatic heterocycles. The summed E-state index contributed by atoms with van der Waals surface area (Å²) in [5.41, 5.74) is -0.0345. The second-order valence-corrected chi connectivity index (χ2v) is 4.49. The first-order valence-corrected chi connectivity index (χ1v) is 5.16. The summed E-state index contributed by atoms with van der Waals surface area (Å²) < 4.78 is 6.21. The zero-order chi connectivity index (χ0) is 9.64. The highest BCUT2D eigenvalue weighted by Crippen LogP contribution is 2.41. The molecule has 1 heterocycles. The van der Waals surface area contributed by atoms with Crippen LogP contribution >= 0.6 is 22.6 Å². The van der Waals surface area contributed by atoms with Crippen molar-refractivity contribution in [3.63, 3.8) is 0 Å². The molecule has 2 aliphatic rings. The highest BCUT2D eigenvalue weighted by Gasteiger charge is 2.54. The first-order valence-electron chi connectivity index (χ1n) is 4.08. The standard InChI is InChI=1S/C8H10INO3/c1-4-6(9)13-8(7(12)10-4)2-5(11)3-8/h5,11H,2-3H2,1H3,(H,10,12). The van der Waals surface area contributed by atoms with E-state index in [1.165, 1.54) is 0 Å². The molecule has 0 radical (unpaired) electrons. The number of halogens is 1. The van der Waals surface area contributed by atoms with E-state index in [1.807, 2.05) is 22.6 Å². The Morgan fingerprint density at radius 2 is 2.31 bits per heavy atom. The summed E-state index contributed by atoms with van der Waals surface area (Å²) in [5.74, 6) is -0.129. The molecule has 1 amide bonds. The van der Waals surface area contributed by atoms with Crippen LogP contribution in [0.4, 0.5) is 0 Å². The van der Waals surface area contributed by atoms with Gasteiger partial charge >= 0.3 is 0 Å². The zero-order valence-electron chi connectivity index (χ0n) is 7.13. The van der Waals surface area contributed by atoms with Crippen molar-refractivity contribution in [3.8, 4) is 0 Å². The quantitative estimate of drug-likeness (QED) is 0.645. The molecule has 0 aromatic heterocycles. The number of aliphatic hydroxyl groups excluding tert-OH is 1. The number of carbonyl (C=O) groups excluding carboxylic acids is 1. The molecule has 1 spiro atoms. The van der Waals surface area contributed by atoms with Crippen LogP contribution in [0.3, 0.4) is 0 Å². The molecule has 0 saturated heterocycles. The maximum Gasteiger partial charge on any atom is 0.268 e. The molecule has 0 unspecified atom stereocenters. The van der Waals surface area contributed by atoms with Crippen molar-refractivity contribution in [2.24, 2.45) is 0 Å². The lowest BCUT2D eigenvalue weighted by Crippen LogP contribution is -2.60. The predicted molar refractivity (Wildman–Crippen MR) is 53.9 cm³/mol. The number of carbonyl (C=O) groups is 1. The summed E-state index contributed by atoms with van der Waals surface area (Å²) in [6, 6.07) is 0. The third-order valence-electron chi connectivity index (χ3n) is 2.43. The van der Waals surface area contributed by atoms with Crippen LogP contribution in [0.5, 0.6) is 0 Å². The van der Waals surface area contributed by atoms with Crippen LogP contribution in [0.25, 0.3) is 0 Å². The number of nitrogens with one attached hydrogen (secondary N) is 1. The summed E-state index contributed by atoms with van der Waals surface area (Å²) in [6.45, 7) is 1.79. The van der Waals surface area contributed by atoms with Crippen molar-refractivity contribution < 1.29 is 14.6 Å². The fourth-order valence-electron chi connectivity index (χ4n) is 1.60. The van der Waals surface area contributed by atoms with Gasteiger partial charge in [0, 0.05) is 35.4 Å². The lowest BCUT2D eigenvalue weighted by Gasteiger charge is -2.45. The molecular formula is C8H10INO3. The number of allylic oxidation sites excluding steroid dienone is 1. The molecule has 72 valence electrons. The van der Waals surface area contributed by atoms with Crippen molar-refractivity contribution in [1.29, 1.82) is 0 Å². The number of aliphatic hydroxyl groups is 1. The maximum atomic E-state index is 11.5. The number of amides is 1. The Bertz CT molecular complexity index is 294. The van der Waals surface area contributed by atoms with Crippen LogP contribution in [0, 0.1) is 0 Å².